The lowest BCUT2D eigenvalue weighted by Crippen LogP contribution is -2.18. The van der Waals surface area contributed by atoms with Gasteiger partial charge in [-0.3, -0.25) is 9.55 Å². The Bertz CT molecular complexity index is 316. The maximum Gasteiger partial charge on any atom is 0.328 e. The SMILES string of the molecule is CCCn1c(CS)c(O)[nH]c1=O. The monoisotopic (exact) mass is 188 g/mol. The second kappa shape index (κ2) is 3.71. The van der Waals surface area contributed by atoms with E-state index >= 15 is 0 Å². The second-order valence-corrected chi connectivity index (χ2v) is 2.85. The van der Waals surface area contributed by atoms with Crippen molar-refractivity contribution in [1.29, 1.82) is 0 Å². The number of imidazole rings is 1. The highest BCUT2D eigenvalue weighted by atomic mass is 32.1. The van der Waals surface area contributed by atoms with Crippen molar-refractivity contribution in [3.63, 3.8) is 0 Å². The summed E-state index contributed by atoms with van der Waals surface area (Å²) in [6.07, 6.45) is 0.859. The lowest BCUT2D eigenvalue weighted by molar-refractivity contribution is 0.449. The molecule has 0 unspecified atom stereocenters. The maximum atomic E-state index is 11.1. The third-order valence-electron chi connectivity index (χ3n) is 1.67. The molecule has 0 radical (unpaired) electrons. The van der Waals surface area contributed by atoms with Crippen molar-refractivity contribution < 1.29 is 5.11 Å². The van der Waals surface area contributed by atoms with Crippen LogP contribution in [-0.2, 0) is 12.3 Å². The molecule has 0 saturated heterocycles. The number of nitrogens with zero attached hydrogens (tertiary/aromatic N) is 1. The van der Waals surface area contributed by atoms with Crippen molar-refractivity contribution in [2.45, 2.75) is 25.6 Å². The highest BCUT2D eigenvalue weighted by Gasteiger charge is 2.09. The number of hydrogen-bond acceptors (Lipinski definition) is 3. The summed E-state index contributed by atoms with van der Waals surface area (Å²) in [4.78, 5) is 13.4. The van der Waals surface area contributed by atoms with Crippen molar-refractivity contribution in [3.05, 3.63) is 16.2 Å². The molecule has 0 spiro atoms. The van der Waals surface area contributed by atoms with Crippen LogP contribution >= 0.6 is 12.6 Å². The summed E-state index contributed by atoms with van der Waals surface area (Å²) in [7, 11) is 0. The van der Waals surface area contributed by atoms with Gasteiger partial charge in [0.2, 0.25) is 5.88 Å². The van der Waals surface area contributed by atoms with E-state index in [4.69, 9.17) is 0 Å². The van der Waals surface area contributed by atoms with E-state index in [1.807, 2.05) is 6.92 Å². The first-order valence-corrected chi connectivity index (χ1v) is 4.45. The molecule has 0 aromatic carbocycles. The van der Waals surface area contributed by atoms with Gasteiger partial charge in [-0.1, -0.05) is 6.92 Å². The van der Waals surface area contributed by atoms with Crippen molar-refractivity contribution in [2.24, 2.45) is 0 Å². The van der Waals surface area contributed by atoms with Gasteiger partial charge < -0.3 is 5.11 Å². The molecule has 0 aliphatic rings. The molecule has 0 aliphatic carbocycles. The van der Waals surface area contributed by atoms with Crippen LogP contribution in [0.15, 0.2) is 4.79 Å². The third kappa shape index (κ3) is 1.50. The van der Waals surface area contributed by atoms with Crippen LogP contribution in [0.2, 0.25) is 0 Å². The Morgan fingerprint density at radius 2 is 2.33 bits per heavy atom. The van der Waals surface area contributed by atoms with Crippen molar-refractivity contribution in [1.82, 2.24) is 9.55 Å². The van der Waals surface area contributed by atoms with Crippen LogP contribution in [0, 0.1) is 0 Å². The molecule has 0 amide bonds. The zero-order valence-electron chi connectivity index (χ0n) is 6.87. The standard InChI is InChI=1S/C7H12N2O2S/c1-2-3-9-5(4-12)6(10)8-7(9)11/h10,12H,2-4H2,1H3,(H,8,11). The van der Waals surface area contributed by atoms with Crippen LogP contribution in [0.1, 0.15) is 19.0 Å². The quantitative estimate of drug-likeness (QED) is 0.612. The maximum absolute atomic E-state index is 11.1. The van der Waals surface area contributed by atoms with Gasteiger partial charge in [0.05, 0.1) is 5.69 Å². The summed E-state index contributed by atoms with van der Waals surface area (Å²) in [5.74, 6) is 0.299. The smallest absolute Gasteiger partial charge is 0.328 e. The molecule has 12 heavy (non-hydrogen) atoms. The molecule has 0 atom stereocenters. The van der Waals surface area contributed by atoms with Crippen molar-refractivity contribution in [3.8, 4) is 5.88 Å². The summed E-state index contributed by atoms with van der Waals surface area (Å²) in [5, 5.41) is 9.21. The summed E-state index contributed by atoms with van der Waals surface area (Å²) in [6, 6.07) is 0. The minimum atomic E-state index is -0.265. The number of aromatic nitrogens is 2. The highest BCUT2D eigenvalue weighted by Crippen LogP contribution is 2.13. The lowest BCUT2D eigenvalue weighted by Gasteiger charge is -2.01. The Hall–Kier alpha value is -0.840. The van der Waals surface area contributed by atoms with E-state index in [0.29, 0.717) is 18.0 Å². The van der Waals surface area contributed by atoms with Crippen molar-refractivity contribution in [2.75, 3.05) is 0 Å². The lowest BCUT2D eigenvalue weighted by atomic mass is 10.4. The van der Waals surface area contributed by atoms with E-state index in [0.717, 1.165) is 6.42 Å². The Morgan fingerprint density at radius 3 is 2.83 bits per heavy atom. The fraction of sp³-hybridized carbons (Fsp3) is 0.571. The van der Waals surface area contributed by atoms with E-state index in [1.165, 1.54) is 4.57 Å². The average Bonchev–Trinajstić information content (AvgIpc) is 2.28. The number of hydrogen-bond donors (Lipinski definition) is 3. The molecule has 4 nitrogen and oxygen atoms in total. The number of thiol groups is 1. The zero-order valence-corrected chi connectivity index (χ0v) is 7.77. The molecule has 1 aromatic heterocycles. The van der Waals surface area contributed by atoms with Crippen LogP contribution in [0.5, 0.6) is 5.88 Å². The first-order valence-electron chi connectivity index (χ1n) is 3.82. The number of nitrogens with one attached hydrogen (secondary N) is 1. The predicted octanol–water partition coefficient (Wildman–Crippen LogP) is 0.722. The Balaban J connectivity index is 3.13. The topological polar surface area (TPSA) is 58.0 Å². The van der Waals surface area contributed by atoms with Crippen LogP contribution in [0.3, 0.4) is 0 Å². The molecule has 5 heteroatoms. The van der Waals surface area contributed by atoms with Gasteiger partial charge in [-0.05, 0) is 6.42 Å². The number of H-pyrrole nitrogens is 1. The number of aromatic amines is 1. The Labute approximate surface area is 75.6 Å². The predicted molar refractivity (Wildman–Crippen MR) is 49.7 cm³/mol. The Morgan fingerprint density at radius 1 is 1.67 bits per heavy atom. The zero-order chi connectivity index (χ0) is 9.14. The van der Waals surface area contributed by atoms with E-state index < -0.39 is 0 Å². The van der Waals surface area contributed by atoms with E-state index in [9.17, 15) is 9.90 Å². The fourth-order valence-electron chi connectivity index (χ4n) is 1.11. The van der Waals surface area contributed by atoms with Gasteiger partial charge in [0.1, 0.15) is 0 Å². The van der Waals surface area contributed by atoms with Gasteiger partial charge in [0.15, 0.2) is 0 Å². The molecule has 68 valence electrons. The molecular weight excluding hydrogens is 176 g/mol. The summed E-state index contributed by atoms with van der Waals surface area (Å²) >= 11 is 4.02. The molecule has 0 fully saturated rings. The second-order valence-electron chi connectivity index (χ2n) is 2.54. The van der Waals surface area contributed by atoms with Gasteiger partial charge in [-0.15, -0.1) is 0 Å². The number of aromatic hydroxyl groups is 1. The minimum absolute atomic E-state index is 0.0662. The average molecular weight is 188 g/mol. The van der Waals surface area contributed by atoms with Crippen LogP contribution < -0.4 is 5.69 Å². The normalized spacial score (nSPS) is 10.5. The first-order chi connectivity index (χ1) is 5.70. The molecule has 1 aromatic rings. The van der Waals surface area contributed by atoms with Crippen LogP contribution in [0.4, 0.5) is 0 Å². The summed E-state index contributed by atoms with van der Waals surface area (Å²) in [5.41, 5.74) is 0.295. The molecule has 1 heterocycles. The van der Waals surface area contributed by atoms with Crippen LogP contribution in [0.25, 0.3) is 0 Å². The van der Waals surface area contributed by atoms with Gasteiger partial charge in [0.25, 0.3) is 0 Å². The third-order valence-corrected chi connectivity index (χ3v) is 1.97. The highest BCUT2D eigenvalue weighted by molar-refractivity contribution is 7.79. The van der Waals surface area contributed by atoms with Crippen molar-refractivity contribution >= 4 is 12.6 Å². The van der Waals surface area contributed by atoms with Gasteiger partial charge in [0, 0.05) is 12.3 Å². The molecular formula is C7H12N2O2S. The first kappa shape index (κ1) is 9.25. The molecule has 0 bridgehead atoms. The van der Waals surface area contributed by atoms with Gasteiger partial charge >= 0.3 is 5.69 Å². The molecule has 2 N–H and O–H groups in total. The van der Waals surface area contributed by atoms with E-state index in [1.54, 1.807) is 0 Å². The molecule has 1 rings (SSSR count). The van der Waals surface area contributed by atoms with Gasteiger partial charge in [-0.2, -0.15) is 12.6 Å². The summed E-state index contributed by atoms with van der Waals surface area (Å²) < 4.78 is 1.50. The summed E-state index contributed by atoms with van der Waals surface area (Å²) in [6.45, 7) is 2.59. The van der Waals surface area contributed by atoms with E-state index in [2.05, 4.69) is 17.6 Å². The van der Waals surface area contributed by atoms with Gasteiger partial charge in [-0.25, -0.2) is 4.79 Å². The largest absolute Gasteiger partial charge is 0.493 e. The minimum Gasteiger partial charge on any atom is -0.493 e. The fourth-order valence-corrected chi connectivity index (χ4v) is 1.43. The van der Waals surface area contributed by atoms with Crippen LogP contribution in [-0.4, -0.2) is 14.7 Å². The molecule has 0 aliphatic heterocycles. The number of rotatable bonds is 3. The van der Waals surface area contributed by atoms with E-state index in [-0.39, 0.29) is 11.6 Å². The molecule has 0 saturated carbocycles. The Kier molecular flexibility index (Phi) is 2.86.